The third-order valence-corrected chi connectivity index (χ3v) is 5.47. The SMILES string of the molecule is O=C(Nc1nc2c(nc1/C=C/c1ccccc1)-c1ccc(O)cc1CC2)c1ccccc1. The molecule has 0 saturated heterocycles. The number of hydrogen-bond acceptors (Lipinski definition) is 4. The predicted molar refractivity (Wildman–Crippen MR) is 126 cm³/mol. The molecule has 156 valence electrons. The van der Waals surface area contributed by atoms with E-state index in [0.717, 1.165) is 34.5 Å². The highest BCUT2D eigenvalue weighted by atomic mass is 16.3. The van der Waals surface area contributed by atoms with Gasteiger partial charge in [0, 0.05) is 11.1 Å². The van der Waals surface area contributed by atoms with E-state index in [1.54, 1.807) is 24.3 Å². The molecule has 0 spiro atoms. The molecule has 0 radical (unpaired) electrons. The zero-order valence-corrected chi connectivity index (χ0v) is 17.3. The summed E-state index contributed by atoms with van der Waals surface area (Å²) in [6, 6.07) is 24.3. The van der Waals surface area contributed by atoms with Crippen LogP contribution in [0.3, 0.4) is 0 Å². The average molecular weight is 419 g/mol. The van der Waals surface area contributed by atoms with Crippen LogP contribution in [0.4, 0.5) is 5.82 Å². The number of benzene rings is 3. The summed E-state index contributed by atoms with van der Waals surface area (Å²) in [5.41, 5.74) is 5.80. The van der Waals surface area contributed by atoms with E-state index >= 15 is 0 Å². The highest BCUT2D eigenvalue weighted by Crippen LogP contribution is 2.35. The lowest BCUT2D eigenvalue weighted by Gasteiger charge is -2.20. The Morgan fingerprint density at radius 1 is 0.875 bits per heavy atom. The summed E-state index contributed by atoms with van der Waals surface area (Å²) in [5.74, 6) is 0.457. The molecule has 32 heavy (non-hydrogen) atoms. The summed E-state index contributed by atoms with van der Waals surface area (Å²) in [6.45, 7) is 0. The van der Waals surface area contributed by atoms with Gasteiger partial charge in [-0.15, -0.1) is 0 Å². The number of carbonyl (C=O) groups excluding carboxylic acids is 1. The molecule has 0 aliphatic heterocycles. The maximum Gasteiger partial charge on any atom is 0.256 e. The van der Waals surface area contributed by atoms with Gasteiger partial charge in [0.05, 0.1) is 11.4 Å². The van der Waals surface area contributed by atoms with Crippen molar-refractivity contribution in [2.75, 3.05) is 5.32 Å². The minimum Gasteiger partial charge on any atom is -0.508 e. The molecule has 5 heteroatoms. The van der Waals surface area contributed by atoms with E-state index in [9.17, 15) is 9.90 Å². The second kappa shape index (κ2) is 8.47. The Balaban J connectivity index is 1.58. The first-order valence-electron chi connectivity index (χ1n) is 10.5. The minimum atomic E-state index is -0.227. The van der Waals surface area contributed by atoms with Crippen LogP contribution >= 0.6 is 0 Å². The Morgan fingerprint density at radius 3 is 2.41 bits per heavy atom. The molecule has 0 atom stereocenters. The number of aromatic nitrogens is 2. The number of phenols is 1. The first-order chi connectivity index (χ1) is 15.7. The summed E-state index contributed by atoms with van der Waals surface area (Å²) < 4.78 is 0. The van der Waals surface area contributed by atoms with Crippen LogP contribution in [-0.2, 0) is 12.8 Å². The zero-order chi connectivity index (χ0) is 21.9. The van der Waals surface area contributed by atoms with Gasteiger partial charge < -0.3 is 10.4 Å². The fourth-order valence-corrected chi connectivity index (χ4v) is 3.86. The van der Waals surface area contributed by atoms with E-state index in [2.05, 4.69) is 5.32 Å². The molecular formula is C27H21N3O2. The summed E-state index contributed by atoms with van der Waals surface area (Å²) in [4.78, 5) is 22.5. The lowest BCUT2D eigenvalue weighted by molar-refractivity contribution is 0.102. The predicted octanol–water partition coefficient (Wildman–Crippen LogP) is 5.37. The molecular weight excluding hydrogens is 398 g/mol. The zero-order valence-electron chi connectivity index (χ0n) is 17.3. The van der Waals surface area contributed by atoms with Crippen molar-refractivity contribution in [2.24, 2.45) is 0 Å². The summed E-state index contributed by atoms with van der Waals surface area (Å²) >= 11 is 0. The van der Waals surface area contributed by atoms with Crippen molar-refractivity contribution in [3.8, 4) is 17.0 Å². The second-order valence-corrected chi connectivity index (χ2v) is 7.66. The summed E-state index contributed by atoms with van der Waals surface area (Å²) in [7, 11) is 0. The number of rotatable bonds is 4. The van der Waals surface area contributed by atoms with Crippen LogP contribution in [0.5, 0.6) is 5.75 Å². The molecule has 0 bridgehead atoms. The largest absolute Gasteiger partial charge is 0.508 e. The smallest absolute Gasteiger partial charge is 0.256 e. The third kappa shape index (κ3) is 4.01. The van der Waals surface area contributed by atoms with Crippen LogP contribution in [0.15, 0.2) is 78.9 Å². The van der Waals surface area contributed by atoms with Gasteiger partial charge in [0.2, 0.25) is 0 Å². The lowest BCUT2D eigenvalue weighted by Crippen LogP contribution is -2.17. The molecule has 5 nitrogen and oxygen atoms in total. The fraction of sp³-hybridized carbons (Fsp3) is 0.0741. The Labute approximate surface area is 186 Å². The number of aryl methyl sites for hydroxylation is 2. The number of nitrogens with one attached hydrogen (secondary N) is 1. The molecule has 4 aromatic rings. The fourth-order valence-electron chi connectivity index (χ4n) is 3.86. The van der Waals surface area contributed by atoms with Crippen LogP contribution in [0.2, 0.25) is 0 Å². The second-order valence-electron chi connectivity index (χ2n) is 7.66. The first-order valence-corrected chi connectivity index (χ1v) is 10.5. The van der Waals surface area contributed by atoms with Gasteiger partial charge >= 0.3 is 0 Å². The minimum absolute atomic E-state index is 0.227. The van der Waals surface area contributed by atoms with Gasteiger partial charge in [-0.05, 0) is 60.4 Å². The van der Waals surface area contributed by atoms with Crippen molar-refractivity contribution >= 4 is 23.9 Å². The van der Waals surface area contributed by atoms with Crippen LogP contribution < -0.4 is 5.32 Å². The van der Waals surface area contributed by atoms with E-state index in [4.69, 9.17) is 9.97 Å². The van der Waals surface area contributed by atoms with Crippen LogP contribution in [0.1, 0.15) is 32.9 Å². The molecule has 1 aromatic heterocycles. The maximum atomic E-state index is 12.8. The van der Waals surface area contributed by atoms with Gasteiger partial charge in [-0.1, -0.05) is 54.6 Å². The van der Waals surface area contributed by atoms with Crippen LogP contribution in [-0.4, -0.2) is 21.0 Å². The number of fused-ring (bicyclic) bond motifs is 3. The Bertz CT molecular complexity index is 1320. The molecule has 0 saturated carbocycles. The summed E-state index contributed by atoms with van der Waals surface area (Å²) in [5, 5.41) is 12.8. The van der Waals surface area contributed by atoms with Gasteiger partial charge in [-0.25, -0.2) is 9.97 Å². The molecule has 1 heterocycles. The Morgan fingerprint density at radius 2 is 1.62 bits per heavy atom. The van der Waals surface area contributed by atoms with E-state index in [1.807, 2.05) is 66.7 Å². The highest BCUT2D eigenvalue weighted by Gasteiger charge is 2.22. The van der Waals surface area contributed by atoms with Gasteiger partial charge in [0.1, 0.15) is 11.4 Å². The van der Waals surface area contributed by atoms with Crippen molar-refractivity contribution in [1.82, 2.24) is 9.97 Å². The first kappa shape index (κ1) is 19.7. The van der Waals surface area contributed by atoms with Crippen molar-refractivity contribution in [2.45, 2.75) is 12.8 Å². The number of nitrogens with zero attached hydrogens (tertiary/aromatic N) is 2. The van der Waals surface area contributed by atoms with Gasteiger partial charge in [-0.3, -0.25) is 4.79 Å². The average Bonchev–Trinajstić information content (AvgIpc) is 2.83. The normalized spacial score (nSPS) is 12.2. The van der Waals surface area contributed by atoms with Crippen LogP contribution in [0, 0.1) is 0 Å². The maximum absolute atomic E-state index is 12.8. The van der Waals surface area contributed by atoms with E-state index in [-0.39, 0.29) is 11.7 Å². The van der Waals surface area contributed by atoms with E-state index in [1.165, 1.54) is 0 Å². The number of phenolic OH excluding ortho intramolecular Hbond substituents is 1. The van der Waals surface area contributed by atoms with Crippen LogP contribution in [0.25, 0.3) is 23.4 Å². The number of amides is 1. The van der Waals surface area contributed by atoms with Gasteiger partial charge in [0.15, 0.2) is 5.82 Å². The molecule has 2 N–H and O–H groups in total. The number of anilines is 1. The third-order valence-electron chi connectivity index (χ3n) is 5.47. The Kier molecular flexibility index (Phi) is 5.22. The highest BCUT2D eigenvalue weighted by molar-refractivity contribution is 6.04. The molecule has 3 aromatic carbocycles. The van der Waals surface area contributed by atoms with Crippen molar-refractivity contribution < 1.29 is 9.90 Å². The molecule has 5 rings (SSSR count). The van der Waals surface area contributed by atoms with Crippen molar-refractivity contribution in [3.63, 3.8) is 0 Å². The quantitative estimate of drug-likeness (QED) is 0.466. The van der Waals surface area contributed by atoms with E-state index in [0.29, 0.717) is 23.5 Å². The van der Waals surface area contributed by atoms with Crippen molar-refractivity contribution in [1.29, 1.82) is 0 Å². The number of aromatic hydroxyl groups is 1. The molecule has 1 aliphatic rings. The topological polar surface area (TPSA) is 75.1 Å². The number of hydrogen-bond donors (Lipinski definition) is 2. The monoisotopic (exact) mass is 419 g/mol. The van der Waals surface area contributed by atoms with E-state index < -0.39 is 0 Å². The lowest BCUT2D eigenvalue weighted by atomic mass is 9.91. The summed E-state index contributed by atoms with van der Waals surface area (Å²) in [6.07, 6.45) is 5.28. The molecule has 0 fully saturated rings. The number of carbonyl (C=O) groups is 1. The molecule has 1 amide bonds. The Hall–Kier alpha value is -4.25. The molecule has 0 unspecified atom stereocenters. The van der Waals surface area contributed by atoms with Crippen molar-refractivity contribution in [3.05, 3.63) is 107 Å². The standard InChI is InChI=1S/C27H21N3O2/c31-21-13-14-22-20(17-21)12-16-23-25(22)28-24(15-11-18-7-3-1-4-8-18)26(29-23)30-27(32)19-9-5-2-6-10-19/h1-11,13-15,17,31H,12,16H2,(H,29,30,32)/b15-11+. The van der Waals surface area contributed by atoms with Gasteiger partial charge in [0.25, 0.3) is 5.91 Å². The van der Waals surface area contributed by atoms with Gasteiger partial charge in [-0.2, -0.15) is 0 Å². The molecule has 1 aliphatic carbocycles.